The van der Waals surface area contributed by atoms with Crippen molar-refractivity contribution in [2.45, 2.75) is 11.8 Å². The quantitative estimate of drug-likeness (QED) is 0.622. The average Bonchev–Trinajstić information content (AvgIpc) is 2.65. The van der Waals surface area contributed by atoms with Gasteiger partial charge in [-0.3, -0.25) is 9.52 Å². The molecular formula is C20H16ClFN2O3S. The van der Waals surface area contributed by atoms with Crippen LogP contribution in [0.2, 0.25) is 5.02 Å². The molecule has 0 bridgehead atoms. The van der Waals surface area contributed by atoms with Crippen LogP contribution in [0.4, 0.5) is 15.8 Å². The molecule has 0 heterocycles. The van der Waals surface area contributed by atoms with Gasteiger partial charge in [-0.1, -0.05) is 35.9 Å². The number of para-hydroxylation sites is 1. The third-order valence-corrected chi connectivity index (χ3v) is 5.68. The van der Waals surface area contributed by atoms with Gasteiger partial charge < -0.3 is 5.32 Å². The second-order valence-electron chi connectivity index (χ2n) is 6.03. The summed E-state index contributed by atoms with van der Waals surface area (Å²) in [5.74, 6) is -1.12. The summed E-state index contributed by atoms with van der Waals surface area (Å²) in [6.07, 6.45) is 0. The zero-order valence-corrected chi connectivity index (χ0v) is 16.3. The van der Waals surface area contributed by atoms with Gasteiger partial charge in [0.15, 0.2) is 0 Å². The molecule has 0 aliphatic heterocycles. The van der Waals surface area contributed by atoms with E-state index in [0.717, 1.165) is 6.07 Å². The maximum absolute atomic E-state index is 13.8. The topological polar surface area (TPSA) is 75.3 Å². The first kappa shape index (κ1) is 19.9. The summed E-state index contributed by atoms with van der Waals surface area (Å²) in [4.78, 5) is 12.3. The fourth-order valence-electron chi connectivity index (χ4n) is 2.54. The second-order valence-corrected chi connectivity index (χ2v) is 8.12. The van der Waals surface area contributed by atoms with Gasteiger partial charge in [0.25, 0.3) is 15.9 Å². The SMILES string of the molecule is Cc1ccc(NC(=O)c2cccc(Cl)c2)cc1S(=O)(=O)Nc1ccccc1F. The van der Waals surface area contributed by atoms with E-state index >= 15 is 0 Å². The fraction of sp³-hybridized carbons (Fsp3) is 0.0500. The van der Waals surface area contributed by atoms with Crippen molar-refractivity contribution in [1.29, 1.82) is 0 Å². The molecule has 1 amide bonds. The van der Waals surface area contributed by atoms with Crippen LogP contribution in [0.1, 0.15) is 15.9 Å². The second kappa shape index (κ2) is 8.00. The highest BCUT2D eigenvalue weighted by Gasteiger charge is 2.20. The van der Waals surface area contributed by atoms with Crippen molar-refractivity contribution in [2.24, 2.45) is 0 Å². The van der Waals surface area contributed by atoms with Crippen LogP contribution in [0.25, 0.3) is 0 Å². The first-order valence-corrected chi connectivity index (χ1v) is 10.1. The Morgan fingerprint density at radius 2 is 1.75 bits per heavy atom. The standard InChI is InChI=1S/C20H16ClFN2O3S/c1-13-9-10-16(23-20(25)14-5-4-6-15(21)11-14)12-19(13)28(26,27)24-18-8-3-2-7-17(18)22/h2-12,24H,1H3,(H,23,25). The average molecular weight is 419 g/mol. The number of amides is 1. The van der Waals surface area contributed by atoms with Crippen LogP contribution in [0.5, 0.6) is 0 Å². The van der Waals surface area contributed by atoms with Gasteiger partial charge in [0.05, 0.1) is 10.6 Å². The van der Waals surface area contributed by atoms with E-state index in [2.05, 4.69) is 10.0 Å². The normalized spacial score (nSPS) is 11.1. The molecule has 0 fully saturated rings. The zero-order chi connectivity index (χ0) is 20.3. The number of sulfonamides is 1. The summed E-state index contributed by atoms with van der Waals surface area (Å²) in [5.41, 5.74) is 0.909. The minimum absolute atomic E-state index is 0.0698. The number of rotatable bonds is 5. The van der Waals surface area contributed by atoms with Crippen LogP contribution in [-0.2, 0) is 10.0 Å². The van der Waals surface area contributed by atoms with Crippen molar-refractivity contribution in [1.82, 2.24) is 0 Å². The minimum atomic E-state index is -4.06. The monoisotopic (exact) mass is 418 g/mol. The third kappa shape index (κ3) is 4.49. The van der Waals surface area contributed by atoms with Crippen molar-refractivity contribution in [3.05, 3.63) is 88.7 Å². The Morgan fingerprint density at radius 3 is 2.46 bits per heavy atom. The number of carbonyl (C=O) groups excluding carboxylic acids is 1. The number of carbonyl (C=O) groups is 1. The van der Waals surface area contributed by atoms with Gasteiger partial charge in [0.1, 0.15) is 5.82 Å². The first-order valence-electron chi connectivity index (χ1n) is 8.21. The van der Waals surface area contributed by atoms with E-state index in [4.69, 9.17) is 11.6 Å². The Bertz CT molecular complexity index is 1150. The molecule has 8 heteroatoms. The van der Waals surface area contributed by atoms with Gasteiger partial charge in [-0.15, -0.1) is 0 Å². The molecule has 144 valence electrons. The summed E-state index contributed by atoms with van der Waals surface area (Å²) in [6.45, 7) is 1.61. The summed E-state index contributed by atoms with van der Waals surface area (Å²) in [5, 5.41) is 3.05. The smallest absolute Gasteiger partial charge is 0.262 e. The van der Waals surface area contributed by atoms with Crippen LogP contribution in [-0.4, -0.2) is 14.3 Å². The molecule has 0 aliphatic carbocycles. The highest BCUT2D eigenvalue weighted by atomic mass is 35.5. The molecule has 0 atom stereocenters. The molecule has 3 rings (SSSR count). The van der Waals surface area contributed by atoms with E-state index < -0.39 is 21.7 Å². The molecule has 0 spiro atoms. The van der Waals surface area contributed by atoms with E-state index in [-0.39, 0.29) is 16.3 Å². The fourth-order valence-corrected chi connectivity index (χ4v) is 4.07. The van der Waals surface area contributed by atoms with Crippen LogP contribution >= 0.6 is 11.6 Å². The lowest BCUT2D eigenvalue weighted by Gasteiger charge is -2.13. The Morgan fingerprint density at radius 1 is 1.00 bits per heavy atom. The molecule has 3 aromatic rings. The molecule has 5 nitrogen and oxygen atoms in total. The van der Waals surface area contributed by atoms with Crippen LogP contribution in [0.3, 0.4) is 0 Å². The maximum atomic E-state index is 13.8. The third-order valence-electron chi connectivity index (χ3n) is 3.94. The molecule has 3 aromatic carbocycles. The first-order chi connectivity index (χ1) is 13.3. The minimum Gasteiger partial charge on any atom is -0.322 e. The van der Waals surface area contributed by atoms with Crippen LogP contribution in [0.15, 0.2) is 71.6 Å². The number of nitrogens with one attached hydrogen (secondary N) is 2. The maximum Gasteiger partial charge on any atom is 0.262 e. The van der Waals surface area contributed by atoms with Crippen molar-refractivity contribution in [2.75, 3.05) is 10.0 Å². The van der Waals surface area contributed by atoms with Gasteiger partial charge in [0.2, 0.25) is 0 Å². The Hall–Kier alpha value is -2.90. The zero-order valence-electron chi connectivity index (χ0n) is 14.7. The van der Waals surface area contributed by atoms with Gasteiger partial charge in [-0.05, 0) is 55.0 Å². The Labute approximate surface area is 167 Å². The van der Waals surface area contributed by atoms with E-state index in [0.29, 0.717) is 16.1 Å². The predicted octanol–water partition coefficient (Wildman–Crippen LogP) is 4.84. The van der Waals surface area contributed by atoms with Crippen molar-refractivity contribution in [3.63, 3.8) is 0 Å². The molecule has 0 aliphatic rings. The van der Waals surface area contributed by atoms with Crippen molar-refractivity contribution >= 4 is 38.9 Å². The van der Waals surface area contributed by atoms with Gasteiger partial charge in [-0.25, -0.2) is 12.8 Å². The number of aryl methyl sites for hydroxylation is 1. The molecule has 0 saturated carbocycles. The summed E-state index contributed by atoms with van der Waals surface area (Å²) in [6, 6.07) is 16.3. The molecule has 0 aromatic heterocycles. The molecular weight excluding hydrogens is 403 g/mol. The number of benzene rings is 3. The number of anilines is 2. The lowest BCUT2D eigenvalue weighted by molar-refractivity contribution is 0.102. The molecule has 28 heavy (non-hydrogen) atoms. The molecule has 0 radical (unpaired) electrons. The van der Waals surface area contributed by atoms with Crippen molar-refractivity contribution in [3.8, 4) is 0 Å². The lowest BCUT2D eigenvalue weighted by atomic mass is 10.2. The van der Waals surface area contributed by atoms with Crippen LogP contribution < -0.4 is 10.0 Å². The van der Waals surface area contributed by atoms with Gasteiger partial charge in [0, 0.05) is 16.3 Å². The molecule has 0 saturated heterocycles. The number of halogens is 2. The predicted molar refractivity (Wildman–Crippen MR) is 108 cm³/mol. The highest BCUT2D eigenvalue weighted by Crippen LogP contribution is 2.24. The Kier molecular flexibility index (Phi) is 5.67. The summed E-state index contributed by atoms with van der Waals surface area (Å²) >= 11 is 5.89. The van der Waals surface area contributed by atoms with Crippen LogP contribution in [0, 0.1) is 12.7 Å². The molecule has 2 N–H and O–H groups in total. The number of hydrogen-bond donors (Lipinski definition) is 2. The van der Waals surface area contributed by atoms with E-state index in [9.17, 15) is 17.6 Å². The van der Waals surface area contributed by atoms with E-state index in [1.807, 2.05) is 0 Å². The largest absolute Gasteiger partial charge is 0.322 e. The number of hydrogen-bond acceptors (Lipinski definition) is 3. The molecule has 0 unspecified atom stereocenters. The lowest BCUT2D eigenvalue weighted by Crippen LogP contribution is -2.17. The van der Waals surface area contributed by atoms with Gasteiger partial charge >= 0.3 is 0 Å². The highest BCUT2D eigenvalue weighted by molar-refractivity contribution is 7.92. The summed E-state index contributed by atoms with van der Waals surface area (Å²) < 4.78 is 41.5. The van der Waals surface area contributed by atoms with Gasteiger partial charge in [-0.2, -0.15) is 0 Å². The summed E-state index contributed by atoms with van der Waals surface area (Å²) in [7, 11) is -4.06. The Balaban J connectivity index is 1.89. The van der Waals surface area contributed by atoms with Crippen molar-refractivity contribution < 1.29 is 17.6 Å². The van der Waals surface area contributed by atoms with E-state index in [1.165, 1.54) is 30.3 Å². The van der Waals surface area contributed by atoms with E-state index in [1.54, 1.807) is 37.3 Å².